The molecule has 0 amide bonds. The summed E-state index contributed by atoms with van der Waals surface area (Å²) in [5, 5.41) is 4.20. The van der Waals surface area contributed by atoms with Crippen molar-refractivity contribution in [2.24, 2.45) is 0 Å². The van der Waals surface area contributed by atoms with Crippen molar-refractivity contribution >= 4 is 58.8 Å². The summed E-state index contributed by atoms with van der Waals surface area (Å²) in [6.45, 7) is 0. The fourth-order valence-corrected chi connectivity index (χ4v) is 15.0. The third kappa shape index (κ3) is 7.52. The Kier molecular flexibility index (Phi) is 12.0. The molecule has 4 aromatic carbocycles. The molecule has 8 radical (unpaired) electrons. The Bertz CT molecular complexity index is 1350. The molecule has 0 spiro atoms. The summed E-state index contributed by atoms with van der Waals surface area (Å²) in [5.41, 5.74) is 0. The second-order valence-electron chi connectivity index (χ2n) is 9.41. The van der Waals surface area contributed by atoms with E-state index in [0.717, 1.165) is 43.7 Å². The Hall–Kier alpha value is -3.85. The zero-order chi connectivity index (χ0) is 32.4. The van der Waals surface area contributed by atoms with E-state index >= 15 is 0 Å². The number of ether oxygens (including phenoxy) is 8. The van der Waals surface area contributed by atoms with Crippen molar-refractivity contribution in [3.8, 4) is 46.0 Å². The van der Waals surface area contributed by atoms with Gasteiger partial charge in [-0.1, -0.05) is 48.5 Å². The first kappa shape index (κ1) is 34.0. The number of methoxy groups -OCH3 is 8. The van der Waals surface area contributed by atoms with E-state index in [2.05, 4.69) is 24.3 Å². The first-order valence-electron chi connectivity index (χ1n) is 13.9. The van der Waals surface area contributed by atoms with Gasteiger partial charge < -0.3 is 37.9 Å². The summed E-state index contributed by atoms with van der Waals surface area (Å²) in [6.07, 6.45) is 0. The van der Waals surface area contributed by atoms with E-state index in [9.17, 15) is 0 Å². The van der Waals surface area contributed by atoms with Gasteiger partial charge in [-0.15, -0.1) is 0 Å². The number of rotatable bonds is 16. The number of benzene rings is 4. The maximum absolute atomic E-state index is 5.97. The first-order chi connectivity index (χ1) is 21.9. The van der Waals surface area contributed by atoms with Gasteiger partial charge in [0.25, 0.3) is 0 Å². The highest BCUT2D eigenvalue weighted by molar-refractivity contribution is 7.07. The standard InChI is InChI=1S/C33H36O8Si4/c1-34-21-13-9-17-25(29(21)38-5)42-33(43-26-18-10-14-22(35-2)30(26)39-6,44-27-19-11-15-23(36-3)31(27)40-7)45-28-20-12-16-24(37-4)32(28)41-8/h9-20H,1-8H3. The second kappa shape index (κ2) is 15.9. The first-order valence-corrected chi connectivity index (χ1v) is 17.9. The van der Waals surface area contributed by atoms with Crippen LogP contribution in [0, 0.1) is 0 Å². The van der Waals surface area contributed by atoms with Crippen molar-refractivity contribution in [1.82, 2.24) is 0 Å². The van der Waals surface area contributed by atoms with Crippen LogP contribution in [0.5, 0.6) is 46.0 Å². The lowest BCUT2D eigenvalue weighted by molar-refractivity contribution is 0.357. The van der Waals surface area contributed by atoms with Crippen molar-refractivity contribution < 1.29 is 37.9 Å². The van der Waals surface area contributed by atoms with Gasteiger partial charge in [0.2, 0.25) is 0 Å². The molecule has 4 aromatic rings. The molecule has 0 aromatic heterocycles. The van der Waals surface area contributed by atoms with Crippen LogP contribution in [-0.2, 0) is 0 Å². The van der Waals surface area contributed by atoms with Gasteiger partial charge in [-0.3, -0.25) is 0 Å². The highest BCUT2D eigenvalue weighted by Crippen LogP contribution is 2.34. The lowest BCUT2D eigenvalue weighted by atomic mass is 10.3. The van der Waals surface area contributed by atoms with Crippen molar-refractivity contribution in [2.45, 2.75) is 3.91 Å². The van der Waals surface area contributed by atoms with E-state index in [4.69, 9.17) is 37.9 Å². The molecule has 0 aliphatic heterocycles. The van der Waals surface area contributed by atoms with Crippen LogP contribution in [0.1, 0.15) is 0 Å². The molecule has 0 fully saturated rings. The molecular weight excluding hydrogens is 637 g/mol. The summed E-state index contributed by atoms with van der Waals surface area (Å²) in [7, 11) is 14.5. The van der Waals surface area contributed by atoms with Crippen LogP contribution in [0.3, 0.4) is 0 Å². The molecule has 0 atom stereocenters. The predicted molar refractivity (Wildman–Crippen MR) is 182 cm³/mol. The highest BCUT2D eigenvalue weighted by Gasteiger charge is 2.39. The summed E-state index contributed by atoms with van der Waals surface area (Å²) < 4.78 is 46.4. The quantitative estimate of drug-likeness (QED) is 0.168. The monoisotopic (exact) mass is 672 g/mol. The van der Waals surface area contributed by atoms with E-state index in [1.165, 1.54) is 0 Å². The molecular formula is C33H36O8Si4. The minimum Gasteiger partial charge on any atom is -0.493 e. The Labute approximate surface area is 275 Å². The average Bonchev–Trinajstić information content (AvgIpc) is 3.07. The zero-order valence-corrected chi connectivity index (χ0v) is 30.7. The Morgan fingerprint density at radius 1 is 0.333 bits per heavy atom. The van der Waals surface area contributed by atoms with E-state index < -0.39 is 3.91 Å². The lowest BCUT2D eigenvalue weighted by Crippen LogP contribution is -2.54. The summed E-state index contributed by atoms with van der Waals surface area (Å²) in [5.74, 6) is 5.60. The number of para-hydroxylation sites is 4. The maximum atomic E-state index is 5.97. The smallest absolute Gasteiger partial charge is 0.160 e. The van der Waals surface area contributed by atoms with E-state index in [0.29, 0.717) is 23.0 Å². The Morgan fingerprint density at radius 2 is 0.556 bits per heavy atom. The minimum atomic E-state index is -0.390. The Morgan fingerprint density at radius 3 is 0.733 bits per heavy atom. The van der Waals surface area contributed by atoms with Crippen molar-refractivity contribution in [2.75, 3.05) is 56.9 Å². The predicted octanol–water partition coefficient (Wildman–Crippen LogP) is 2.21. The molecule has 4 rings (SSSR count). The fourth-order valence-electron chi connectivity index (χ4n) is 4.94. The minimum absolute atomic E-state index is 0.276. The van der Waals surface area contributed by atoms with Gasteiger partial charge in [-0.05, 0) is 48.9 Å². The van der Waals surface area contributed by atoms with E-state index in [1.807, 2.05) is 48.5 Å². The summed E-state index contributed by atoms with van der Waals surface area (Å²) >= 11 is 0. The third-order valence-corrected chi connectivity index (χ3v) is 15.6. The molecule has 12 heteroatoms. The van der Waals surface area contributed by atoms with Gasteiger partial charge in [0, 0.05) is 0 Å². The summed E-state index contributed by atoms with van der Waals surface area (Å²) in [4.78, 5) is 0. The van der Waals surface area contributed by atoms with Crippen LogP contribution in [0.25, 0.3) is 0 Å². The van der Waals surface area contributed by atoms with Gasteiger partial charge in [0.05, 0.1) is 95.0 Å². The summed E-state index contributed by atoms with van der Waals surface area (Å²) in [6, 6.07) is 24.2. The van der Waals surface area contributed by atoms with Gasteiger partial charge in [-0.2, -0.15) is 0 Å². The van der Waals surface area contributed by atoms with Crippen LogP contribution >= 0.6 is 0 Å². The van der Waals surface area contributed by atoms with Crippen molar-refractivity contribution in [3.05, 3.63) is 72.8 Å². The number of hydrogen-bond acceptors (Lipinski definition) is 8. The maximum Gasteiger partial charge on any atom is 0.160 e. The van der Waals surface area contributed by atoms with Crippen molar-refractivity contribution in [1.29, 1.82) is 0 Å². The molecule has 0 unspecified atom stereocenters. The SMILES string of the molecule is COc1cccc([Si]C([Si]c2cccc(OC)c2OC)([Si]c2cccc(OC)c2OC)[Si]c2cccc(OC)c2OC)c1OC. The molecule has 0 aliphatic rings. The van der Waals surface area contributed by atoms with Crippen LogP contribution in [0.2, 0.25) is 3.91 Å². The van der Waals surface area contributed by atoms with Crippen LogP contribution in [-0.4, -0.2) is 95.0 Å². The molecule has 0 N–H and O–H groups in total. The van der Waals surface area contributed by atoms with Crippen LogP contribution < -0.4 is 58.6 Å². The Balaban J connectivity index is 2.03. The fraction of sp³-hybridized carbons (Fsp3) is 0.273. The van der Waals surface area contributed by atoms with Crippen LogP contribution in [0.4, 0.5) is 0 Å². The van der Waals surface area contributed by atoms with Crippen LogP contribution in [0.15, 0.2) is 72.8 Å². The normalized spacial score (nSPS) is 11.0. The zero-order valence-electron chi connectivity index (χ0n) is 26.7. The lowest BCUT2D eigenvalue weighted by Gasteiger charge is -2.34. The van der Waals surface area contributed by atoms with Gasteiger partial charge in [0.15, 0.2) is 46.0 Å². The largest absolute Gasteiger partial charge is 0.493 e. The molecule has 0 saturated heterocycles. The van der Waals surface area contributed by atoms with Gasteiger partial charge in [-0.25, -0.2) is 0 Å². The number of hydrogen-bond donors (Lipinski definition) is 0. The molecule has 232 valence electrons. The molecule has 8 nitrogen and oxygen atoms in total. The molecule has 45 heavy (non-hydrogen) atoms. The average molecular weight is 673 g/mol. The van der Waals surface area contributed by atoms with Crippen molar-refractivity contribution in [3.63, 3.8) is 0 Å². The second-order valence-corrected chi connectivity index (χ2v) is 18.6. The third-order valence-electron chi connectivity index (χ3n) is 6.90. The topological polar surface area (TPSA) is 73.8 Å². The van der Waals surface area contributed by atoms with E-state index in [1.54, 1.807) is 56.9 Å². The molecule has 0 bridgehead atoms. The van der Waals surface area contributed by atoms with Gasteiger partial charge >= 0.3 is 0 Å². The molecule has 0 heterocycles. The molecule has 0 saturated carbocycles. The highest BCUT2D eigenvalue weighted by atomic mass is 28.4. The van der Waals surface area contributed by atoms with Gasteiger partial charge in [0.1, 0.15) is 0 Å². The van der Waals surface area contributed by atoms with E-state index in [-0.39, 0.29) is 38.1 Å². The molecule has 0 aliphatic carbocycles.